The molecule has 0 rings (SSSR count). The first-order chi connectivity index (χ1) is 52.9. The molecule has 0 radical (unpaired) electrons. The molecule has 0 spiro atoms. The molecule has 2 unspecified atom stereocenters. The Kier molecular flexibility index (Phi) is 79.8. The lowest BCUT2D eigenvalue weighted by molar-refractivity contribution is -0.161. The number of hydrogen-bond acceptors (Lipinski definition) is 15. The van der Waals surface area contributed by atoms with Gasteiger partial charge in [-0.25, -0.2) is 9.13 Å². The molecule has 17 nitrogen and oxygen atoms in total. The molecule has 0 fully saturated rings. The van der Waals surface area contributed by atoms with Crippen molar-refractivity contribution in [3.8, 4) is 0 Å². The van der Waals surface area contributed by atoms with Crippen molar-refractivity contribution in [2.45, 2.75) is 503 Å². The summed E-state index contributed by atoms with van der Waals surface area (Å²) in [6.45, 7) is 9.64. The first-order valence-electron chi connectivity index (χ1n) is 46.5. The van der Waals surface area contributed by atoms with E-state index in [0.717, 1.165) is 102 Å². The van der Waals surface area contributed by atoms with Crippen LogP contribution in [0.5, 0.6) is 0 Å². The average Bonchev–Trinajstić information content (AvgIpc) is 0.899. The molecule has 0 aliphatic carbocycles. The smallest absolute Gasteiger partial charge is 0.462 e. The van der Waals surface area contributed by atoms with E-state index >= 15 is 0 Å². The molecule has 19 heteroatoms. The highest BCUT2D eigenvalue weighted by molar-refractivity contribution is 7.47. The van der Waals surface area contributed by atoms with Crippen molar-refractivity contribution in [2.75, 3.05) is 39.6 Å². The van der Waals surface area contributed by atoms with Crippen LogP contribution in [0.1, 0.15) is 485 Å². The summed E-state index contributed by atoms with van der Waals surface area (Å²) >= 11 is 0. The number of ether oxygens (including phenoxy) is 4. The summed E-state index contributed by atoms with van der Waals surface area (Å²) in [7, 11) is -9.93. The van der Waals surface area contributed by atoms with Gasteiger partial charge in [-0.15, -0.1) is 0 Å². The molecule has 0 aromatic carbocycles. The van der Waals surface area contributed by atoms with Gasteiger partial charge < -0.3 is 33.8 Å². The summed E-state index contributed by atoms with van der Waals surface area (Å²) in [5.74, 6) is -0.612. The van der Waals surface area contributed by atoms with Gasteiger partial charge in [-0.2, -0.15) is 0 Å². The zero-order valence-corrected chi connectivity index (χ0v) is 73.7. The van der Waals surface area contributed by atoms with Crippen molar-refractivity contribution in [3.63, 3.8) is 0 Å². The van der Waals surface area contributed by atoms with Gasteiger partial charge in [0.15, 0.2) is 12.2 Å². The van der Waals surface area contributed by atoms with Crippen LogP contribution < -0.4 is 0 Å². The molecule has 0 heterocycles. The SMILES string of the molecule is CCCCCCCCCCCCCCCCCCCCCCCC(=O)O[C@H](COC(=O)CCCCCCCCCCCCCCCCCCCCCC)COP(=O)(O)OC[C@@H](O)COP(=O)(O)OC[C@@H](COC(=O)CCCCCCCCC(C)C)OC(=O)CCCCCCCCCCCCCCCCCCC(C)C. The van der Waals surface area contributed by atoms with Gasteiger partial charge in [-0.1, -0.05) is 433 Å². The van der Waals surface area contributed by atoms with E-state index in [1.165, 1.54) is 295 Å². The lowest BCUT2D eigenvalue weighted by atomic mass is 10.0. The summed E-state index contributed by atoms with van der Waals surface area (Å²) in [5, 5.41) is 10.7. The Labute approximate surface area is 670 Å². The highest BCUT2D eigenvalue weighted by Crippen LogP contribution is 2.45. The third-order valence-corrected chi connectivity index (χ3v) is 23.1. The molecule has 0 aliphatic heterocycles. The monoisotopic (exact) mass is 1590 g/mol. The standard InChI is InChI=1S/C90H176O17P2/c1-7-9-11-13-15-17-19-21-23-25-27-29-31-33-38-42-46-50-54-62-68-74-89(94)106-85(78-100-87(92)72-66-60-53-49-45-41-37-32-30-28-26-24-22-20-18-16-14-12-10-8-2)80-104-108(96,97)102-76-84(91)77-103-109(98,99)105-81-86(79-101-88(93)73-67-61-57-56-59-65-71-83(5)6)107-90(95)75-69-63-55-51-47-43-39-35-34-36-40-44-48-52-58-64-70-82(3)4/h82-86,91H,7-81H2,1-6H3,(H,96,97)(H,98,99)/t84-,85-,86-/m1/s1. The van der Waals surface area contributed by atoms with Gasteiger partial charge in [0, 0.05) is 25.7 Å². The predicted octanol–water partition coefficient (Wildman–Crippen LogP) is 27.8. The molecular formula is C90H176O17P2. The highest BCUT2D eigenvalue weighted by atomic mass is 31.2. The molecule has 0 aromatic rings. The number of phosphoric acid groups is 2. The van der Waals surface area contributed by atoms with E-state index in [0.29, 0.717) is 31.6 Å². The molecule has 0 saturated heterocycles. The van der Waals surface area contributed by atoms with Gasteiger partial charge in [0.1, 0.15) is 19.3 Å². The quantitative estimate of drug-likeness (QED) is 0.0222. The molecule has 3 N–H and O–H groups in total. The first kappa shape index (κ1) is 107. The van der Waals surface area contributed by atoms with E-state index in [9.17, 15) is 43.2 Å². The van der Waals surface area contributed by atoms with Crippen molar-refractivity contribution < 1.29 is 80.2 Å². The zero-order valence-electron chi connectivity index (χ0n) is 71.9. The molecule has 0 saturated carbocycles. The second kappa shape index (κ2) is 81.2. The first-order valence-corrected chi connectivity index (χ1v) is 49.5. The number of esters is 4. The largest absolute Gasteiger partial charge is 0.472 e. The topological polar surface area (TPSA) is 237 Å². The van der Waals surface area contributed by atoms with E-state index < -0.39 is 97.5 Å². The molecule has 5 atom stereocenters. The van der Waals surface area contributed by atoms with E-state index in [2.05, 4.69) is 41.5 Å². The maximum atomic E-state index is 13.2. The minimum absolute atomic E-state index is 0.107. The van der Waals surface area contributed by atoms with E-state index in [1.807, 2.05) is 0 Å². The second-order valence-corrected chi connectivity index (χ2v) is 36.2. The van der Waals surface area contributed by atoms with E-state index in [4.69, 9.17) is 37.0 Å². The van der Waals surface area contributed by atoms with Crippen molar-refractivity contribution in [1.82, 2.24) is 0 Å². The third-order valence-electron chi connectivity index (χ3n) is 21.2. The lowest BCUT2D eigenvalue weighted by Gasteiger charge is -2.21. The van der Waals surface area contributed by atoms with E-state index in [-0.39, 0.29) is 25.7 Å². The average molecular weight is 1590 g/mol. The minimum Gasteiger partial charge on any atom is -0.462 e. The van der Waals surface area contributed by atoms with Crippen molar-refractivity contribution in [3.05, 3.63) is 0 Å². The van der Waals surface area contributed by atoms with Crippen LogP contribution >= 0.6 is 15.6 Å². The van der Waals surface area contributed by atoms with Gasteiger partial charge in [0.2, 0.25) is 0 Å². The van der Waals surface area contributed by atoms with Crippen LogP contribution in [0.15, 0.2) is 0 Å². The Hall–Kier alpha value is -1.94. The Morgan fingerprint density at radius 3 is 0.624 bits per heavy atom. The number of hydrogen-bond donors (Lipinski definition) is 3. The van der Waals surface area contributed by atoms with Crippen molar-refractivity contribution in [1.29, 1.82) is 0 Å². The van der Waals surface area contributed by atoms with Crippen LogP contribution in [0, 0.1) is 11.8 Å². The van der Waals surface area contributed by atoms with Crippen LogP contribution in [0.25, 0.3) is 0 Å². The van der Waals surface area contributed by atoms with E-state index in [1.54, 1.807) is 0 Å². The van der Waals surface area contributed by atoms with Crippen molar-refractivity contribution >= 4 is 39.5 Å². The van der Waals surface area contributed by atoms with Crippen molar-refractivity contribution in [2.24, 2.45) is 11.8 Å². The van der Waals surface area contributed by atoms with Crippen LogP contribution in [0.2, 0.25) is 0 Å². The Balaban J connectivity index is 5.20. The number of aliphatic hydroxyl groups excluding tert-OH is 1. The number of unbranched alkanes of at least 4 members (excludes halogenated alkanes) is 59. The maximum absolute atomic E-state index is 13.2. The Bertz CT molecular complexity index is 2080. The summed E-state index contributed by atoms with van der Waals surface area (Å²) in [6.07, 6.45) is 75.4. The maximum Gasteiger partial charge on any atom is 0.472 e. The number of rotatable bonds is 89. The number of carbonyl (C=O) groups is 4. The number of carbonyl (C=O) groups excluding carboxylic acids is 4. The summed E-state index contributed by atoms with van der Waals surface area (Å²) in [5.41, 5.74) is 0. The van der Waals surface area contributed by atoms with Gasteiger partial charge >= 0.3 is 39.5 Å². The van der Waals surface area contributed by atoms with Gasteiger partial charge in [0.05, 0.1) is 26.4 Å². The highest BCUT2D eigenvalue weighted by Gasteiger charge is 2.31. The Morgan fingerprint density at radius 2 is 0.422 bits per heavy atom. The minimum atomic E-state index is -4.97. The lowest BCUT2D eigenvalue weighted by Crippen LogP contribution is -2.30. The molecule has 648 valence electrons. The summed E-state index contributed by atoms with van der Waals surface area (Å²) < 4.78 is 69.0. The molecule has 0 aliphatic rings. The molecule has 109 heavy (non-hydrogen) atoms. The predicted molar refractivity (Wildman–Crippen MR) is 451 cm³/mol. The fourth-order valence-corrected chi connectivity index (χ4v) is 15.7. The summed E-state index contributed by atoms with van der Waals surface area (Å²) in [6, 6.07) is 0. The number of aliphatic hydroxyl groups is 1. The summed E-state index contributed by atoms with van der Waals surface area (Å²) in [4.78, 5) is 73.3. The molecule has 0 amide bonds. The Morgan fingerprint density at radius 1 is 0.248 bits per heavy atom. The van der Waals surface area contributed by atoms with Crippen LogP contribution in [0.4, 0.5) is 0 Å². The van der Waals surface area contributed by atoms with Gasteiger partial charge in [-0.05, 0) is 37.5 Å². The second-order valence-electron chi connectivity index (χ2n) is 33.3. The molecule has 0 aromatic heterocycles. The number of phosphoric ester groups is 2. The normalized spacial score (nSPS) is 13.8. The fourth-order valence-electron chi connectivity index (χ4n) is 14.1. The van der Waals surface area contributed by atoms with Crippen LogP contribution in [0.3, 0.4) is 0 Å². The molecule has 0 bridgehead atoms. The van der Waals surface area contributed by atoms with Gasteiger partial charge in [-0.3, -0.25) is 37.3 Å². The third kappa shape index (κ3) is 83.8. The van der Waals surface area contributed by atoms with Crippen LogP contribution in [-0.4, -0.2) is 96.7 Å². The zero-order chi connectivity index (χ0) is 79.9. The fraction of sp³-hybridized carbons (Fsp3) is 0.956. The van der Waals surface area contributed by atoms with Crippen LogP contribution in [-0.2, 0) is 65.4 Å². The van der Waals surface area contributed by atoms with Gasteiger partial charge in [0.25, 0.3) is 0 Å². The molecular weight excluding hydrogens is 1410 g/mol.